The molecule has 23 heavy (non-hydrogen) atoms. The van der Waals surface area contributed by atoms with Crippen molar-refractivity contribution < 1.29 is 14.4 Å². The number of thioether (sulfide) groups is 1. The number of hydrogen-bond acceptors (Lipinski definition) is 7. The van der Waals surface area contributed by atoms with E-state index >= 15 is 0 Å². The van der Waals surface area contributed by atoms with Crippen molar-refractivity contribution in [1.82, 2.24) is 14.9 Å². The number of aromatic nitrogens is 2. The lowest BCUT2D eigenvalue weighted by molar-refractivity contribution is -0.123. The molecule has 3 rings (SSSR count). The summed E-state index contributed by atoms with van der Waals surface area (Å²) in [4.78, 5) is 54.6. The summed E-state index contributed by atoms with van der Waals surface area (Å²) in [6, 6.07) is 7.33. The Bertz CT molecular complexity index is 857. The van der Waals surface area contributed by atoms with E-state index in [9.17, 15) is 19.2 Å². The van der Waals surface area contributed by atoms with Gasteiger partial charge < -0.3 is 10.7 Å². The molecule has 0 spiro atoms. The molecule has 0 unspecified atom stereocenters. The second kappa shape index (κ2) is 5.69. The summed E-state index contributed by atoms with van der Waals surface area (Å²) in [5, 5.41) is 0.139. The Labute approximate surface area is 133 Å². The average Bonchev–Trinajstić information content (AvgIpc) is 2.76. The Kier molecular flexibility index (Phi) is 3.70. The summed E-state index contributed by atoms with van der Waals surface area (Å²) in [6.07, 6.45) is 0. The molecular weight excluding hydrogens is 320 g/mol. The Hall–Kier alpha value is -2.94. The molecule has 0 saturated heterocycles. The Morgan fingerprint density at radius 3 is 2.35 bits per heavy atom. The molecule has 116 valence electrons. The van der Waals surface area contributed by atoms with Crippen LogP contribution >= 0.6 is 11.8 Å². The van der Waals surface area contributed by atoms with E-state index in [1.54, 1.807) is 12.1 Å². The molecule has 2 aromatic rings. The second-order valence-corrected chi connectivity index (χ2v) is 5.61. The zero-order valence-electron chi connectivity index (χ0n) is 11.6. The number of carbonyl (C=O) groups excluding carboxylic acids is 3. The van der Waals surface area contributed by atoms with Gasteiger partial charge in [0.2, 0.25) is 5.91 Å². The van der Waals surface area contributed by atoms with Gasteiger partial charge in [-0.25, -0.2) is 9.88 Å². The zero-order valence-corrected chi connectivity index (χ0v) is 12.4. The normalized spacial score (nSPS) is 13.3. The molecule has 8 nitrogen and oxygen atoms in total. The van der Waals surface area contributed by atoms with Gasteiger partial charge in [0, 0.05) is 6.07 Å². The fourth-order valence-electron chi connectivity index (χ4n) is 2.13. The number of anilines is 1. The van der Waals surface area contributed by atoms with Crippen molar-refractivity contribution in [3.63, 3.8) is 0 Å². The highest BCUT2D eigenvalue weighted by molar-refractivity contribution is 7.99. The van der Waals surface area contributed by atoms with E-state index in [0.717, 1.165) is 17.8 Å². The van der Waals surface area contributed by atoms with E-state index in [-0.39, 0.29) is 27.9 Å². The van der Waals surface area contributed by atoms with Crippen molar-refractivity contribution in [3.05, 3.63) is 51.8 Å². The minimum atomic E-state index is -0.689. The Balaban J connectivity index is 1.76. The molecule has 1 aromatic heterocycles. The van der Waals surface area contributed by atoms with Crippen molar-refractivity contribution in [1.29, 1.82) is 0 Å². The molecule has 0 atom stereocenters. The van der Waals surface area contributed by atoms with Gasteiger partial charge in [0.25, 0.3) is 17.4 Å². The first-order valence-electron chi connectivity index (χ1n) is 6.47. The van der Waals surface area contributed by atoms with Crippen LogP contribution in [0.1, 0.15) is 20.7 Å². The maximum absolute atomic E-state index is 12.2. The van der Waals surface area contributed by atoms with Gasteiger partial charge in [-0.2, -0.15) is 0 Å². The van der Waals surface area contributed by atoms with Gasteiger partial charge in [-0.05, 0) is 12.1 Å². The number of H-pyrrole nitrogens is 1. The number of rotatable bonds is 3. The number of carbonyl (C=O) groups is 3. The van der Waals surface area contributed by atoms with Crippen molar-refractivity contribution in [3.8, 4) is 0 Å². The lowest BCUT2D eigenvalue weighted by Gasteiger charge is -2.11. The number of nitrogens with two attached hydrogens (primary N) is 1. The van der Waals surface area contributed by atoms with Crippen LogP contribution in [0.5, 0.6) is 0 Å². The molecule has 1 aliphatic rings. The van der Waals surface area contributed by atoms with E-state index in [0.29, 0.717) is 4.90 Å². The molecule has 0 aliphatic carbocycles. The molecular formula is C14H10N4O4S. The number of imide groups is 3. The number of nitrogens with one attached hydrogen (secondary N) is 1. The van der Waals surface area contributed by atoms with Crippen LogP contribution in [-0.2, 0) is 4.79 Å². The van der Waals surface area contributed by atoms with Gasteiger partial charge in [-0.3, -0.25) is 19.2 Å². The van der Waals surface area contributed by atoms with Crippen LogP contribution in [0.2, 0.25) is 0 Å². The topological polar surface area (TPSA) is 126 Å². The lowest BCUT2D eigenvalue weighted by Crippen LogP contribution is -2.37. The Morgan fingerprint density at radius 2 is 1.78 bits per heavy atom. The maximum atomic E-state index is 12.2. The van der Waals surface area contributed by atoms with Crippen molar-refractivity contribution in [2.24, 2.45) is 0 Å². The average molecular weight is 330 g/mol. The van der Waals surface area contributed by atoms with E-state index in [4.69, 9.17) is 5.73 Å². The monoisotopic (exact) mass is 330 g/mol. The van der Waals surface area contributed by atoms with Crippen LogP contribution < -0.4 is 11.3 Å². The number of hydrogen-bond donors (Lipinski definition) is 2. The van der Waals surface area contributed by atoms with Crippen LogP contribution in [0.3, 0.4) is 0 Å². The molecule has 3 amide bonds. The first-order valence-corrected chi connectivity index (χ1v) is 7.46. The van der Waals surface area contributed by atoms with Crippen molar-refractivity contribution in [2.75, 3.05) is 11.5 Å². The number of amides is 3. The smallest absolute Gasteiger partial charge is 0.268 e. The molecule has 9 heteroatoms. The quantitative estimate of drug-likeness (QED) is 0.470. The van der Waals surface area contributed by atoms with E-state index < -0.39 is 23.3 Å². The third kappa shape index (κ3) is 2.73. The highest BCUT2D eigenvalue weighted by atomic mass is 32.2. The minimum Gasteiger partial charge on any atom is -0.383 e. The molecule has 0 fully saturated rings. The van der Waals surface area contributed by atoms with Gasteiger partial charge in [0.05, 0.1) is 16.9 Å². The number of nitrogen functional groups attached to an aromatic ring is 1. The summed E-state index contributed by atoms with van der Waals surface area (Å²) in [6.45, 7) is 0. The predicted molar refractivity (Wildman–Crippen MR) is 81.9 cm³/mol. The van der Waals surface area contributed by atoms with Gasteiger partial charge in [0.1, 0.15) is 5.82 Å². The minimum absolute atomic E-state index is 0.0180. The molecule has 1 aromatic carbocycles. The lowest BCUT2D eigenvalue weighted by atomic mass is 10.1. The highest BCUT2D eigenvalue weighted by Crippen LogP contribution is 2.24. The van der Waals surface area contributed by atoms with Gasteiger partial charge >= 0.3 is 0 Å². The summed E-state index contributed by atoms with van der Waals surface area (Å²) in [5.41, 5.74) is 5.39. The van der Waals surface area contributed by atoms with Crippen molar-refractivity contribution in [2.45, 2.75) is 5.16 Å². The third-order valence-corrected chi connectivity index (χ3v) is 3.97. The molecule has 1 aliphatic heterocycles. The zero-order chi connectivity index (χ0) is 16.6. The van der Waals surface area contributed by atoms with Crippen LogP contribution in [0.15, 0.2) is 40.3 Å². The van der Waals surface area contributed by atoms with Gasteiger partial charge in [-0.15, -0.1) is 0 Å². The number of aromatic amines is 1. The summed E-state index contributed by atoms with van der Waals surface area (Å²) < 4.78 is 0. The van der Waals surface area contributed by atoms with Crippen LogP contribution in [0.4, 0.5) is 5.82 Å². The molecule has 0 bridgehead atoms. The summed E-state index contributed by atoms with van der Waals surface area (Å²) >= 11 is 0.884. The Morgan fingerprint density at radius 1 is 1.17 bits per heavy atom. The first-order chi connectivity index (χ1) is 11.0. The van der Waals surface area contributed by atoms with E-state index in [2.05, 4.69) is 9.97 Å². The fourth-order valence-corrected chi connectivity index (χ4v) is 2.86. The van der Waals surface area contributed by atoms with Crippen LogP contribution in [0.25, 0.3) is 0 Å². The van der Waals surface area contributed by atoms with Crippen LogP contribution in [-0.4, -0.2) is 38.3 Å². The predicted octanol–water partition coefficient (Wildman–Crippen LogP) is 0.267. The molecule has 0 radical (unpaired) electrons. The van der Waals surface area contributed by atoms with Crippen molar-refractivity contribution >= 4 is 35.3 Å². The summed E-state index contributed by atoms with van der Waals surface area (Å²) in [5.74, 6) is -2.20. The number of fused-ring (bicyclic) bond motifs is 1. The van der Waals surface area contributed by atoms with E-state index in [1.807, 2.05) is 0 Å². The fraction of sp³-hybridized carbons (Fsp3) is 0.0714. The largest absolute Gasteiger partial charge is 0.383 e. The summed E-state index contributed by atoms with van der Waals surface area (Å²) in [7, 11) is 0. The third-order valence-electron chi connectivity index (χ3n) is 3.12. The molecule has 3 N–H and O–H groups in total. The second-order valence-electron chi connectivity index (χ2n) is 4.65. The number of benzene rings is 1. The number of nitrogens with zero attached hydrogens (tertiary/aromatic N) is 2. The standard InChI is InChI=1S/C14H10N4O4S/c15-9-5-10(19)17-14(16-9)23-6-11(20)18-12(21)7-3-1-2-4-8(7)13(18)22/h1-5H,6H2,(H3,15,16,17,19). The van der Waals surface area contributed by atoms with E-state index in [1.165, 1.54) is 12.1 Å². The van der Waals surface area contributed by atoms with Gasteiger partial charge in [-0.1, -0.05) is 23.9 Å². The molecule has 2 heterocycles. The molecule has 0 saturated carbocycles. The van der Waals surface area contributed by atoms with Crippen LogP contribution in [0, 0.1) is 0 Å². The van der Waals surface area contributed by atoms with Gasteiger partial charge in [0.15, 0.2) is 5.16 Å². The highest BCUT2D eigenvalue weighted by Gasteiger charge is 2.39. The SMILES string of the molecule is Nc1cc(=O)[nH]c(SCC(=O)N2C(=O)c3ccccc3C2=O)n1. The first kappa shape index (κ1) is 15.0. The maximum Gasteiger partial charge on any atom is 0.268 e.